The van der Waals surface area contributed by atoms with Gasteiger partial charge in [0, 0.05) is 11.1 Å². The number of benzene rings is 2. The van der Waals surface area contributed by atoms with Crippen LogP contribution < -0.4 is 9.47 Å². The Morgan fingerprint density at radius 2 is 1.79 bits per heavy atom. The molecule has 124 valence electrons. The fourth-order valence-corrected chi connectivity index (χ4v) is 3.02. The third kappa shape index (κ3) is 3.18. The average molecular weight is 326 g/mol. The Balaban J connectivity index is 1.99. The van der Waals surface area contributed by atoms with Gasteiger partial charge in [0.25, 0.3) is 0 Å². The van der Waals surface area contributed by atoms with Crippen molar-refractivity contribution in [1.29, 1.82) is 0 Å². The lowest BCUT2D eigenvalue weighted by Gasteiger charge is -2.09. The van der Waals surface area contributed by atoms with Gasteiger partial charge in [0.15, 0.2) is 17.3 Å². The molecule has 24 heavy (non-hydrogen) atoms. The van der Waals surface area contributed by atoms with Gasteiger partial charge in [-0.05, 0) is 60.7 Å². The summed E-state index contributed by atoms with van der Waals surface area (Å²) < 4.78 is 24.1. The maximum absolute atomic E-state index is 13.5. The Labute approximate surface area is 140 Å². The summed E-state index contributed by atoms with van der Waals surface area (Å²) in [5.41, 5.74) is 2.93. The molecule has 0 fully saturated rings. The van der Waals surface area contributed by atoms with E-state index in [1.165, 1.54) is 12.1 Å². The molecule has 3 nitrogen and oxygen atoms in total. The molecule has 0 amide bonds. The zero-order valence-electron chi connectivity index (χ0n) is 13.8. The van der Waals surface area contributed by atoms with Gasteiger partial charge in [0.2, 0.25) is 0 Å². The van der Waals surface area contributed by atoms with Crippen LogP contribution >= 0.6 is 0 Å². The molecule has 2 aromatic carbocycles. The van der Waals surface area contributed by atoms with Crippen LogP contribution in [0.15, 0.2) is 42.0 Å². The van der Waals surface area contributed by atoms with Gasteiger partial charge in [-0.2, -0.15) is 0 Å². The number of methoxy groups -OCH3 is 2. The summed E-state index contributed by atoms with van der Waals surface area (Å²) >= 11 is 0. The van der Waals surface area contributed by atoms with Crippen LogP contribution in [-0.4, -0.2) is 20.0 Å². The largest absolute Gasteiger partial charge is 0.493 e. The molecule has 0 atom stereocenters. The second kappa shape index (κ2) is 6.87. The predicted octanol–water partition coefficient (Wildman–Crippen LogP) is 4.45. The maximum Gasteiger partial charge on any atom is 0.189 e. The quantitative estimate of drug-likeness (QED) is 0.618. The van der Waals surface area contributed by atoms with Gasteiger partial charge in [-0.3, -0.25) is 4.79 Å². The average Bonchev–Trinajstić information content (AvgIpc) is 2.74. The fourth-order valence-electron chi connectivity index (χ4n) is 3.02. The van der Waals surface area contributed by atoms with Crippen LogP contribution in [0.5, 0.6) is 11.5 Å². The topological polar surface area (TPSA) is 35.5 Å². The van der Waals surface area contributed by atoms with Gasteiger partial charge >= 0.3 is 0 Å². The van der Waals surface area contributed by atoms with E-state index in [9.17, 15) is 9.18 Å². The van der Waals surface area contributed by atoms with Crippen LogP contribution in [0.4, 0.5) is 4.39 Å². The summed E-state index contributed by atoms with van der Waals surface area (Å²) in [5, 5.41) is 0. The van der Waals surface area contributed by atoms with E-state index in [1.807, 2.05) is 18.2 Å². The van der Waals surface area contributed by atoms with Gasteiger partial charge in [0.05, 0.1) is 14.2 Å². The molecule has 0 heterocycles. The van der Waals surface area contributed by atoms with E-state index in [1.54, 1.807) is 26.4 Å². The van der Waals surface area contributed by atoms with Crippen LogP contribution in [0.25, 0.3) is 6.08 Å². The summed E-state index contributed by atoms with van der Waals surface area (Å²) in [6.45, 7) is 0. The predicted molar refractivity (Wildman–Crippen MR) is 91.2 cm³/mol. The van der Waals surface area contributed by atoms with Crippen molar-refractivity contribution >= 4 is 11.9 Å². The van der Waals surface area contributed by atoms with Gasteiger partial charge in [-0.25, -0.2) is 4.39 Å². The molecule has 2 aromatic rings. The molecule has 0 spiro atoms. The van der Waals surface area contributed by atoms with E-state index in [-0.39, 0.29) is 11.6 Å². The number of aryl methyl sites for hydroxylation is 1. The molecule has 0 unspecified atom stereocenters. The molecule has 4 heteroatoms. The molecule has 0 aromatic heterocycles. The Hall–Kier alpha value is -2.62. The van der Waals surface area contributed by atoms with Crippen molar-refractivity contribution < 1.29 is 18.7 Å². The van der Waals surface area contributed by atoms with E-state index in [0.717, 1.165) is 24.0 Å². The number of fused-ring (bicyclic) bond motifs is 1. The van der Waals surface area contributed by atoms with Crippen molar-refractivity contribution in [2.24, 2.45) is 0 Å². The summed E-state index contributed by atoms with van der Waals surface area (Å²) in [6.07, 6.45) is 4.17. The molecule has 0 radical (unpaired) electrons. The standard InChI is InChI=1S/C20H19FO3/c1-23-18-9-6-13(11-19(18)24-2)10-15-5-3-4-14-7-8-16(21)12-17(14)20(15)22/h6-12H,3-5H2,1-2H3/b15-10+. The summed E-state index contributed by atoms with van der Waals surface area (Å²) in [5.74, 6) is 0.768. The fraction of sp³-hybridized carbons (Fsp3) is 0.250. The normalized spacial score (nSPS) is 15.8. The first-order valence-electron chi connectivity index (χ1n) is 7.88. The van der Waals surface area contributed by atoms with Crippen molar-refractivity contribution in [3.63, 3.8) is 0 Å². The Kier molecular flexibility index (Phi) is 4.65. The van der Waals surface area contributed by atoms with Gasteiger partial charge in [-0.15, -0.1) is 0 Å². The molecule has 0 N–H and O–H groups in total. The van der Waals surface area contributed by atoms with Crippen LogP contribution in [0.1, 0.15) is 34.3 Å². The lowest BCUT2D eigenvalue weighted by molar-refractivity contribution is 0.103. The zero-order chi connectivity index (χ0) is 17.1. The minimum atomic E-state index is -0.380. The summed E-state index contributed by atoms with van der Waals surface area (Å²) in [7, 11) is 3.15. The first-order chi connectivity index (χ1) is 11.6. The summed E-state index contributed by atoms with van der Waals surface area (Å²) in [4.78, 5) is 12.8. The number of rotatable bonds is 3. The van der Waals surface area contributed by atoms with Crippen LogP contribution in [0.2, 0.25) is 0 Å². The van der Waals surface area contributed by atoms with E-state index in [4.69, 9.17) is 9.47 Å². The van der Waals surface area contributed by atoms with Crippen molar-refractivity contribution in [2.45, 2.75) is 19.3 Å². The van der Waals surface area contributed by atoms with E-state index >= 15 is 0 Å². The van der Waals surface area contributed by atoms with Gasteiger partial charge < -0.3 is 9.47 Å². The molecule has 0 aliphatic heterocycles. The second-order valence-electron chi connectivity index (χ2n) is 5.77. The van der Waals surface area contributed by atoms with Crippen LogP contribution in [0.3, 0.4) is 0 Å². The Morgan fingerprint density at radius 1 is 1.00 bits per heavy atom. The molecule has 1 aliphatic carbocycles. The highest BCUT2D eigenvalue weighted by Crippen LogP contribution is 2.30. The van der Waals surface area contributed by atoms with Gasteiger partial charge in [-0.1, -0.05) is 12.1 Å². The highest BCUT2D eigenvalue weighted by molar-refractivity contribution is 6.12. The second-order valence-corrected chi connectivity index (χ2v) is 5.77. The van der Waals surface area contributed by atoms with Crippen LogP contribution in [-0.2, 0) is 6.42 Å². The van der Waals surface area contributed by atoms with Crippen LogP contribution in [0, 0.1) is 5.82 Å². The number of ether oxygens (including phenoxy) is 2. The first-order valence-corrected chi connectivity index (χ1v) is 7.88. The first kappa shape index (κ1) is 16.2. The smallest absolute Gasteiger partial charge is 0.189 e. The molecule has 0 bridgehead atoms. The number of hydrogen-bond donors (Lipinski definition) is 0. The number of Topliss-reactive ketones (excluding diaryl/α,β-unsaturated/α-hetero) is 1. The highest BCUT2D eigenvalue weighted by Gasteiger charge is 2.20. The number of carbonyl (C=O) groups is 1. The number of hydrogen-bond acceptors (Lipinski definition) is 3. The molecule has 0 saturated heterocycles. The van der Waals surface area contributed by atoms with E-state index in [0.29, 0.717) is 29.1 Å². The maximum atomic E-state index is 13.5. The van der Waals surface area contributed by atoms with Crippen molar-refractivity contribution in [3.05, 3.63) is 64.5 Å². The number of carbonyl (C=O) groups excluding carboxylic acids is 1. The lowest BCUT2D eigenvalue weighted by atomic mass is 9.98. The van der Waals surface area contributed by atoms with Gasteiger partial charge in [0.1, 0.15) is 5.82 Å². The Morgan fingerprint density at radius 3 is 2.54 bits per heavy atom. The Bertz CT molecular complexity index is 809. The monoisotopic (exact) mass is 326 g/mol. The van der Waals surface area contributed by atoms with E-state index < -0.39 is 0 Å². The van der Waals surface area contributed by atoms with Crippen molar-refractivity contribution in [3.8, 4) is 11.5 Å². The third-order valence-electron chi connectivity index (χ3n) is 4.25. The summed E-state index contributed by atoms with van der Waals surface area (Å²) in [6, 6.07) is 9.97. The minimum absolute atomic E-state index is 0.100. The molecule has 3 rings (SSSR count). The van der Waals surface area contributed by atoms with Crippen molar-refractivity contribution in [2.75, 3.05) is 14.2 Å². The number of ketones is 1. The molecular weight excluding hydrogens is 307 g/mol. The molecule has 0 saturated carbocycles. The lowest BCUT2D eigenvalue weighted by Crippen LogP contribution is -2.04. The third-order valence-corrected chi connectivity index (χ3v) is 4.25. The zero-order valence-corrected chi connectivity index (χ0v) is 13.8. The molecular formula is C20H19FO3. The minimum Gasteiger partial charge on any atom is -0.493 e. The highest BCUT2D eigenvalue weighted by atomic mass is 19.1. The van der Waals surface area contributed by atoms with E-state index in [2.05, 4.69) is 0 Å². The van der Waals surface area contributed by atoms with Crippen molar-refractivity contribution in [1.82, 2.24) is 0 Å². The SMILES string of the molecule is COc1ccc(/C=C2\CCCc3ccc(F)cc3C2=O)cc1OC. The number of halogens is 1. The number of allylic oxidation sites excluding steroid dienone is 1. The molecule has 1 aliphatic rings.